The van der Waals surface area contributed by atoms with E-state index in [1.165, 1.54) is 13.0 Å². The highest BCUT2D eigenvalue weighted by atomic mass is 16.5. The van der Waals surface area contributed by atoms with Crippen molar-refractivity contribution in [3.8, 4) is 6.07 Å². The molecule has 2 rings (SSSR count). The van der Waals surface area contributed by atoms with Crippen LogP contribution in [0.5, 0.6) is 0 Å². The number of carbonyl (C=O) groups is 3. The molecule has 2 aromatic carbocycles. The van der Waals surface area contributed by atoms with Gasteiger partial charge in [0.2, 0.25) is 5.91 Å². The van der Waals surface area contributed by atoms with Gasteiger partial charge in [0.05, 0.1) is 18.1 Å². The summed E-state index contributed by atoms with van der Waals surface area (Å²) in [7, 11) is 0. The molecule has 138 valence electrons. The van der Waals surface area contributed by atoms with Crippen LogP contribution in [0.2, 0.25) is 0 Å². The molecule has 0 aliphatic rings. The first-order chi connectivity index (χ1) is 13.0. The molecular formula is C20H19N3O4. The Morgan fingerprint density at radius 2 is 1.85 bits per heavy atom. The Balaban J connectivity index is 1.76. The number of nitrogens with one attached hydrogen (secondary N) is 2. The lowest BCUT2D eigenvalue weighted by atomic mass is 10.1. The summed E-state index contributed by atoms with van der Waals surface area (Å²) in [6.07, 6.45) is -0.895. The zero-order valence-electron chi connectivity index (χ0n) is 14.8. The number of rotatable bonds is 7. The largest absolute Gasteiger partial charge is 0.451 e. The van der Waals surface area contributed by atoms with Crippen LogP contribution < -0.4 is 10.6 Å². The molecule has 0 fully saturated rings. The van der Waals surface area contributed by atoms with Gasteiger partial charge in [0, 0.05) is 5.69 Å². The highest BCUT2D eigenvalue weighted by Crippen LogP contribution is 2.10. The number of carbonyl (C=O) groups excluding carboxylic acids is 3. The van der Waals surface area contributed by atoms with Crippen molar-refractivity contribution >= 4 is 23.5 Å². The van der Waals surface area contributed by atoms with Crippen LogP contribution in [0.4, 0.5) is 5.69 Å². The fraction of sp³-hybridized carbons (Fsp3) is 0.200. The van der Waals surface area contributed by atoms with Gasteiger partial charge in [0.1, 0.15) is 6.54 Å². The molecule has 27 heavy (non-hydrogen) atoms. The Bertz CT molecular complexity index is 859. The van der Waals surface area contributed by atoms with Crippen LogP contribution in [0.15, 0.2) is 54.6 Å². The Kier molecular flexibility index (Phi) is 7.08. The second-order valence-electron chi connectivity index (χ2n) is 5.75. The molecule has 0 bridgehead atoms. The molecule has 2 aromatic rings. The molecule has 1 atom stereocenters. The lowest BCUT2D eigenvalue weighted by Gasteiger charge is -2.14. The molecule has 0 aromatic heterocycles. The maximum atomic E-state index is 12.1. The summed E-state index contributed by atoms with van der Waals surface area (Å²) in [6.45, 7) is 1.10. The number of nitriles is 1. The van der Waals surface area contributed by atoms with Gasteiger partial charge in [-0.2, -0.15) is 5.26 Å². The second kappa shape index (κ2) is 9.73. The lowest BCUT2D eigenvalue weighted by molar-refractivity contribution is -0.152. The van der Waals surface area contributed by atoms with E-state index < -0.39 is 18.0 Å². The Labute approximate surface area is 156 Å². The number of ether oxygens (including phenoxy) is 1. The molecule has 0 aliphatic carbocycles. The molecule has 7 heteroatoms. The summed E-state index contributed by atoms with van der Waals surface area (Å²) in [5.74, 6) is -1.57. The van der Waals surface area contributed by atoms with Gasteiger partial charge in [-0.15, -0.1) is 0 Å². The highest BCUT2D eigenvalue weighted by Gasteiger charge is 2.18. The molecule has 0 spiro atoms. The fourth-order valence-corrected chi connectivity index (χ4v) is 2.22. The van der Waals surface area contributed by atoms with Gasteiger partial charge in [0.25, 0.3) is 5.91 Å². The van der Waals surface area contributed by atoms with E-state index in [9.17, 15) is 14.4 Å². The fourth-order valence-electron chi connectivity index (χ4n) is 2.22. The Hall–Kier alpha value is -3.66. The molecule has 0 heterocycles. The quantitative estimate of drug-likeness (QED) is 0.727. The van der Waals surface area contributed by atoms with Gasteiger partial charge in [-0.3, -0.25) is 14.4 Å². The predicted octanol–water partition coefficient (Wildman–Crippen LogP) is 1.79. The number of hydrogen-bond acceptors (Lipinski definition) is 5. The minimum Gasteiger partial charge on any atom is -0.451 e. The first-order valence-corrected chi connectivity index (χ1v) is 8.29. The van der Waals surface area contributed by atoms with E-state index in [1.54, 1.807) is 18.2 Å². The van der Waals surface area contributed by atoms with E-state index in [0.717, 1.165) is 5.56 Å². The van der Waals surface area contributed by atoms with Gasteiger partial charge in [-0.1, -0.05) is 36.4 Å². The number of anilines is 1. The van der Waals surface area contributed by atoms with E-state index in [0.29, 0.717) is 11.3 Å². The summed E-state index contributed by atoms with van der Waals surface area (Å²) in [5.41, 5.74) is 1.66. The smallest absolute Gasteiger partial charge is 0.326 e. The molecular weight excluding hydrogens is 346 g/mol. The van der Waals surface area contributed by atoms with Gasteiger partial charge >= 0.3 is 5.97 Å². The Morgan fingerprint density at radius 1 is 1.11 bits per heavy atom. The molecule has 0 unspecified atom stereocenters. The molecule has 2 N–H and O–H groups in total. The summed E-state index contributed by atoms with van der Waals surface area (Å²) in [6, 6.07) is 17.5. The maximum Gasteiger partial charge on any atom is 0.326 e. The van der Waals surface area contributed by atoms with Crippen LogP contribution in [0.25, 0.3) is 0 Å². The van der Waals surface area contributed by atoms with Crippen LogP contribution in [0.3, 0.4) is 0 Å². The zero-order chi connectivity index (χ0) is 19.6. The predicted molar refractivity (Wildman–Crippen MR) is 98.5 cm³/mol. The lowest BCUT2D eigenvalue weighted by Crippen LogP contribution is -2.36. The van der Waals surface area contributed by atoms with Gasteiger partial charge in [-0.05, 0) is 30.7 Å². The van der Waals surface area contributed by atoms with Crippen LogP contribution in [0, 0.1) is 11.3 Å². The maximum absolute atomic E-state index is 12.1. The van der Waals surface area contributed by atoms with Crippen molar-refractivity contribution in [2.24, 2.45) is 0 Å². The summed E-state index contributed by atoms with van der Waals surface area (Å²) in [4.78, 5) is 35.7. The molecule has 0 saturated carbocycles. The van der Waals surface area contributed by atoms with Gasteiger partial charge in [0.15, 0.2) is 6.10 Å². The molecule has 0 aliphatic heterocycles. The van der Waals surface area contributed by atoms with Crippen molar-refractivity contribution in [3.05, 3.63) is 65.7 Å². The van der Waals surface area contributed by atoms with E-state index >= 15 is 0 Å². The SMILES string of the molecule is C[C@@H](OC(=O)CNC(=O)Cc1ccccc1)C(=O)Nc1cccc(C#N)c1. The van der Waals surface area contributed by atoms with Crippen LogP contribution in [-0.2, 0) is 25.5 Å². The standard InChI is InChI=1S/C20H19N3O4/c1-14(20(26)23-17-9-5-8-16(10-17)12-21)27-19(25)13-22-18(24)11-15-6-3-2-4-7-15/h2-10,14H,11,13H2,1H3,(H,22,24)(H,23,26)/t14-/m1/s1. The van der Waals surface area contributed by atoms with Crippen molar-refractivity contribution < 1.29 is 19.1 Å². The first kappa shape index (κ1) is 19.7. The van der Waals surface area contributed by atoms with Crippen molar-refractivity contribution in [2.45, 2.75) is 19.4 Å². The minimum atomic E-state index is -1.05. The third kappa shape index (κ3) is 6.63. The minimum absolute atomic E-state index is 0.152. The van der Waals surface area contributed by atoms with E-state index in [1.807, 2.05) is 36.4 Å². The molecule has 0 saturated heterocycles. The van der Waals surface area contributed by atoms with Crippen molar-refractivity contribution in [1.29, 1.82) is 5.26 Å². The van der Waals surface area contributed by atoms with Crippen LogP contribution >= 0.6 is 0 Å². The van der Waals surface area contributed by atoms with Crippen molar-refractivity contribution in [1.82, 2.24) is 5.32 Å². The summed E-state index contributed by atoms with van der Waals surface area (Å²) < 4.78 is 5.01. The van der Waals surface area contributed by atoms with Crippen LogP contribution in [-0.4, -0.2) is 30.4 Å². The molecule has 2 amide bonds. The van der Waals surface area contributed by atoms with Gasteiger partial charge in [-0.25, -0.2) is 0 Å². The average molecular weight is 365 g/mol. The third-order valence-electron chi connectivity index (χ3n) is 3.57. The summed E-state index contributed by atoms with van der Waals surface area (Å²) >= 11 is 0. The normalized spacial score (nSPS) is 11.0. The number of nitrogens with zero attached hydrogens (tertiary/aromatic N) is 1. The number of esters is 1. The van der Waals surface area contributed by atoms with E-state index in [-0.39, 0.29) is 18.9 Å². The second-order valence-corrected chi connectivity index (χ2v) is 5.75. The summed E-state index contributed by atoms with van der Waals surface area (Å²) in [5, 5.41) is 13.9. The van der Waals surface area contributed by atoms with Gasteiger partial charge < -0.3 is 15.4 Å². The van der Waals surface area contributed by atoms with Crippen molar-refractivity contribution in [3.63, 3.8) is 0 Å². The Morgan fingerprint density at radius 3 is 2.56 bits per heavy atom. The van der Waals surface area contributed by atoms with E-state index in [4.69, 9.17) is 10.00 Å². The molecule has 7 nitrogen and oxygen atoms in total. The first-order valence-electron chi connectivity index (χ1n) is 8.29. The number of amides is 2. The number of benzene rings is 2. The topological polar surface area (TPSA) is 108 Å². The average Bonchev–Trinajstić information content (AvgIpc) is 2.67. The monoisotopic (exact) mass is 365 g/mol. The molecule has 0 radical (unpaired) electrons. The highest BCUT2D eigenvalue weighted by molar-refractivity contribution is 5.95. The van der Waals surface area contributed by atoms with Crippen LogP contribution in [0.1, 0.15) is 18.1 Å². The third-order valence-corrected chi connectivity index (χ3v) is 3.57. The van der Waals surface area contributed by atoms with Crippen molar-refractivity contribution in [2.75, 3.05) is 11.9 Å². The number of hydrogen-bond donors (Lipinski definition) is 2. The van der Waals surface area contributed by atoms with E-state index in [2.05, 4.69) is 10.6 Å². The zero-order valence-corrected chi connectivity index (χ0v) is 14.8.